The standard InChI is InChI=1S/C10H13NO/c1-8-4-5-10(11)9(7-8)3-2-6-12/h4-7H,2-3,11H2,1H3. The minimum Gasteiger partial charge on any atom is -0.399 e. The second kappa shape index (κ2) is 3.90. The second-order valence-electron chi connectivity index (χ2n) is 2.91. The lowest BCUT2D eigenvalue weighted by Crippen LogP contribution is -1.95. The van der Waals surface area contributed by atoms with E-state index in [0.29, 0.717) is 6.42 Å². The molecule has 0 spiro atoms. The Bertz CT molecular complexity index is 281. The first kappa shape index (κ1) is 8.78. The molecule has 64 valence electrons. The molecule has 0 unspecified atom stereocenters. The van der Waals surface area contributed by atoms with Gasteiger partial charge in [0.25, 0.3) is 0 Å². The zero-order chi connectivity index (χ0) is 8.97. The van der Waals surface area contributed by atoms with Gasteiger partial charge < -0.3 is 10.5 Å². The van der Waals surface area contributed by atoms with Crippen molar-refractivity contribution in [2.45, 2.75) is 19.8 Å². The molecule has 0 fully saturated rings. The Hall–Kier alpha value is -1.31. The van der Waals surface area contributed by atoms with E-state index < -0.39 is 0 Å². The maximum Gasteiger partial charge on any atom is 0.120 e. The van der Waals surface area contributed by atoms with Crippen LogP contribution >= 0.6 is 0 Å². The molecule has 1 aromatic rings. The highest BCUT2D eigenvalue weighted by Gasteiger charge is 1.97. The number of anilines is 1. The molecule has 0 radical (unpaired) electrons. The van der Waals surface area contributed by atoms with E-state index in [0.717, 1.165) is 24.0 Å². The average Bonchev–Trinajstić information content (AvgIpc) is 2.07. The lowest BCUT2D eigenvalue weighted by molar-refractivity contribution is -0.107. The maximum absolute atomic E-state index is 10.1. The van der Waals surface area contributed by atoms with Crippen LogP contribution in [0.15, 0.2) is 18.2 Å². The summed E-state index contributed by atoms with van der Waals surface area (Å²) in [4.78, 5) is 10.1. The third-order valence-electron chi connectivity index (χ3n) is 1.83. The van der Waals surface area contributed by atoms with Gasteiger partial charge in [-0.2, -0.15) is 0 Å². The van der Waals surface area contributed by atoms with Gasteiger partial charge in [0.2, 0.25) is 0 Å². The molecular weight excluding hydrogens is 150 g/mol. The summed E-state index contributed by atoms with van der Waals surface area (Å²) in [6.07, 6.45) is 2.21. The molecule has 0 saturated heterocycles. The van der Waals surface area contributed by atoms with Crippen LogP contribution in [0.25, 0.3) is 0 Å². The highest BCUT2D eigenvalue weighted by atomic mass is 16.1. The molecule has 0 aliphatic heterocycles. The Morgan fingerprint density at radius 3 is 2.92 bits per heavy atom. The first-order chi connectivity index (χ1) is 5.74. The molecule has 0 aliphatic carbocycles. The van der Waals surface area contributed by atoms with Gasteiger partial charge in [-0.25, -0.2) is 0 Å². The van der Waals surface area contributed by atoms with E-state index >= 15 is 0 Å². The summed E-state index contributed by atoms with van der Waals surface area (Å²) in [5.74, 6) is 0. The van der Waals surface area contributed by atoms with Gasteiger partial charge in [-0.05, 0) is 25.0 Å². The molecule has 1 aromatic carbocycles. The number of carbonyl (C=O) groups is 1. The Kier molecular flexibility index (Phi) is 2.86. The molecule has 1 rings (SSSR count). The molecule has 0 aliphatic rings. The number of carbonyl (C=O) groups excluding carboxylic acids is 1. The molecule has 0 aromatic heterocycles. The van der Waals surface area contributed by atoms with Crippen LogP contribution in [-0.2, 0) is 11.2 Å². The van der Waals surface area contributed by atoms with Gasteiger partial charge >= 0.3 is 0 Å². The van der Waals surface area contributed by atoms with Crippen molar-refractivity contribution in [1.29, 1.82) is 0 Å². The lowest BCUT2D eigenvalue weighted by Gasteiger charge is -2.03. The lowest BCUT2D eigenvalue weighted by atomic mass is 10.1. The first-order valence-corrected chi connectivity index (χ1v) is 4.02. The number of nitrogens with two attached hydrogens (primary N) is 1. The molecule has 0 saturated carbocycles. The van der Waals surface area contributed by atoms with Crippen molar-refractivity contribution in [2.75, 3.05) is 5.73 Å². The molecular formula is C10H13NO. The molecule has 0 amide bonds. The second-order valence-corrected chi connectivity index (χ2v) is 2.91. The van der Waals surface area contributed by atoms with Crippen molar-refractivity contribution >= 4 is 12.0 Å². The monoisotopic (exact) mass is 163 g/mol. The number of benzene rings is 1. The molecule has 0 heterocycles. The van der Waals surface area contributed by atoms with Crippen LogP contribution in [0.5, 0.6) is 0 Å². The van der Waals surface area contributed by atoms with Gasteiger partial charge in [-0.15, -0.1) is 0 Å². The quantitative estimate of drug-likeness (QED) is 0.544. The minimum atomic E-state index is 0.549. The van der Waals surface area contributed by atoms with E-state index in [4.69, 9.17) is 5.73 Å². The van der Waals surface area contributed by atoms with Gasteiger partial charge in [0.15, 0.2) is 0 Å². The van der Waals surface area contributed by atoms with Crippen molar-refractivity contribution < 1.29 is 4.79 Å². The number of nitrogen functional groups attached to an aromatic ring is 1. The van der Waals surface area contributed by atoms with Crippen molar-refractivity contribution in [3.8, 4) is 0 Å². The maximum atomic E-state index is 10.1. The Morgan fingerprint density at radius 2 is 2.25 bits per heavy atom. The molecule has 0 atom stereocenters. The first-order valence-electron chi connectivity index (χ1n) is 4.02. The van der Waals surface area contributed by atoms with Crippen LogP contribution in [0.3, 0.4) is 0 Å². The van der Waals surface area contributed by atoms with E-state index in [1.807, 2.05) is 25.1 Å². The van der Waals surface area contributed by atoms with Crippen molar-refractivity contribution in [2.24, 2.45) is 0 Å². The van der Waals surface area contributed by atoms with Crippen LogP contribution < -0.4 is 5.73 Å². The predicted octanol–water partition coefficient (Wildman–Crippen LogP) is 1.71. The predicted molar refractivity (Wildman–Crippen MR) is 50.0 cm³/mol. The average molecular weight is 163 g/mol. The summed E-state index contributed by atoms with van der Waals surface area (Å²) in [5, 5.41) is 0. The number of aryl methyl sites for hydroxylation is 2. The van der Waals surface area contributed by atoms with Gasteiger partial charge in [0, 0.05) is 12.1 Å². The smallest absolute Gasteiger partial charge is 0.120 e. The fourth-order valence-corrected chi connectivity index (χ4v) is 1.17. The van der Waals surface area contributed by atoms with Crippen LogP contribution in [0.2, 0.25) is 0 Å². The van der Waals surface area contributed by atoms with E-state index in [-0.39, 0.29) is 0 Å². The summed E-state index contributed by atoms with van der Waals surface area (Å²) >= 11 is 0. The molecule has 2 nitrogen and oxygen atoms in total. The van der Waals surface area contributed by atoms with Crippen LogP contribution in [0.1, 0.15) is 17.5 Å². The topological polar surface area (TPSA) is 43.1 Å². The largest absolute Gasteiger partial charge is 0.399 e. The third kappa shape index (κ3) is 2.09. The van der Waals surface area contributed by atoms with E-state index in [1.165, 1.54) is 5.56 Å². The van der Waals surface area contributed by atoms with Crippen LogP contribution in [-0.4, -0.2) is 6.29 Å². The highest BCUT2D eigenvalue weighted by Crippen LogP contribution is 2.14. The Labute approximate surface area is 72.4 Å². The number of hydrogen-bond donors (Lipinski definition) is 1. The van der Waals surface area contributed by atoms with Crippen molar-refractivity contribution in [1.82, 2.24) is 0 Å². The minimum absolute atomic E-state index is 0.549. The van der Waals surface area contributed by atoms with Crippen molar-refractivity contribution in [3.05, 3.63) is 29.3 Å². The highest BCUT2D eigenvalue weighted by molar-refractivity contribution is 5.54. The van der Waals surface area contributed by atoms with Crippen LogP contribution in [0.4, 0.5) is 5.69 Å². The van der Waals surface area contributed by atoms with Gasteiger partial charge in [-0.1, -0.05) is 17.7 Å². The fraction of sp³-hybridized carbons (Fsp3) is 0.300. The van der Waals surface area contributed by atoms with Crippen LogP contribution in [0, 0.1) is 6.92 Å². The zero-order valence-electron chi connectivity index (χ0n) is 7.21. The summed E-state index contributed by atoms with van der Waals surface area (Å²) < 4.78 is 0. The summed E-state index contributed by atoms with van der Waals surface area (Å²) in [5.41, 5.74) is 8.75. The third-order valence-corrected chi connectivity index (χ3v) is 1.83. The number of aldehydes is 1. The number of rotatable bonds is 3. The summed E-state index contributed by atoms with van der Waals surface area (Å²) in [6, 6.07) is 5.88. The molecule has 2 N–H and O–H groups in total. The SMILES string of the molecule is Cc1ccc(N)c(CCC=O)c1. The van der Waals surface area contributed by atoms with E-state index in [1.54, 1.807) is 0 Å². The van der Waals surface area contributed by atoms with E-state index in [9.17, 15) is 4.79 Å². The summed E-state index contributed by atoms with van der Waals surface area (Å²) in [6.45, 7) is 2.02. The van der Waals surface area contributed by atoms with Gasteiger partial charge in [0.1, 0.15) is 6.29 Å². The normalized spacial score (nSPS) is 9.75. The molecule has 0 bridgehead atoms. The van der Waals surface area contributed by atoms with Gasteiger partial charge in [0.05, 0.1) is 0 Å². The van der Waals surface area contributed by atoms with Crippen molar-refractivity contribution in [3.63, 3.8) is 0 Å². The Balaban J connectivity index is 2.82. The summed E-state index contributed by atoms with van der Waals surface area (Å²) in [7, 11) is 0. The molecule has 2 heteroatoms. The van der Waals surface area contributed by atoms with Gasteiger partial charge in [-0.3, -0.25) is 0 Å². The van der Waals surface area contributed by atoms with E-state index in [2.05, 4.69) is 0 Å². The number of hydrogen-bond acceptors (Lipinski definition) is 2. The Morgan fingerprint density at radius 1 is 1.50 bits per heavy atom. The zero-order valence-corrected chi connectivity index (χ0v) is 7.21. The fourth-order valence-electron chi connectivity index (χ4n) is 1.17. The molecule has 12 heavy (non-hydrogen) atoms.